The van der Waals surface area contributed by atoms with Gasteiger partial charge in [-0.3, -0.25) is 0 Å². The van der Waals surface area contributed by atoms with Crippen LogP contribution in [-0.4, -0.2) is 11.1 Å². The van der Waals surface area contributed by atoms with Gasteiger partial charge in [0.1, 0.15) is 0 Å². The molecule has 17 heavy (non-hydrogen) atoms. The molecule has 2 nitrogen and oxygen atoms in total. The van der Waals surface area contributed by atoms with Gasteiger partial charge in [0, 0.05) is 4.88 Å². The average Bonchev–Trinajstić information content (AvgIpc) is 2.70. The second-order valence-electron chi connectivity index (χ2n) is 4.61. The summed E-state index contributed by atoms with van der Waals surface area (Å²) in [7, 11) is 0. The first kappa shape index (κ1) is 12.4. The van der Waals surface area contributed by atoms with Gasteiger partial charge in [-0.05, 0) is 30.2 Å². The third-order valence-corrected chi connectivity index (χ3v) is 4.22. The van der Waals surface area contributed by atoms with E-state index in [2.05, 4.69) is 0 Å². The summed E-state index contributed by atoms with van der Waals surface area (Å²) in [6, 6.07) is 3.80. The molecule has 0 radical (unpaired) electrons. The van der Waals surface area contributed by atoms with Gasteiger partial charge in [-0.1, -0.05) is 37.8 Å². The first-order chi connectivity index (χ1) is 8.27. The lowest BCUT2D eigenvalue weighted by molar-refractivity contribution is -0.130. The van der Waals surface area contributed by atoms with Gasteiger partial charge >= 0.3 is 5.97 Å². The number of hydrogen-bond donors (Lipinski definition) is 1. The third-order valence-electron chi connectivity index (χ3n) is 3.32. The van der Waals surface area contributed by atoms with Crippen molar-refractivity contribution < 1.29 is 9.90 Å². The molecule has 1 aromatic heterocycles. The van der Waals surface area contributed by atoms with Crippen LogP contribution in [0.25, 0.3) is 5.57 Å². The van der Waals surface area contributed by atoms with Crippen LogP contribution >= 0.6 is 11.3 Å². The molecule has 3 heteroatoms. The molecular formula is C14H18O2S. The van der Waals surface area contributed by atoms with Crippen LogP contribution in [0.1, 0.15) is 43.4 Å². The van der Waals surface area contributed by atoms with Crippen molar-refractivity contribution in [2.24, 2.45) is 5.92 Å². The zero-order valence-electron chi connectivity index (χ0n) is 9.89. The minimum atomic E-state index is -0.795. The molecule has 1 saturated carbocycles. The summed E-state index contributed by atoms with van der Waals surface area (Å²) in [6.45, 7) is 0. The predicted octanol–water partition coefficient (Wildman–Crippen LogP) is 4.19. The monoisotopic (exact) mass is 250 g/mol. The van der Waals surface area contributed by atoms with Gasteiger partial charge in [0.15, 0.2) is 0 Å². The highest BCUT2D eigenvalue weighted by Crippen LogP contribution is 2.28. The molecule has 0 aliphatic heterocycles. The highest BCUT2D eigenvalue weighted by molar-refractivity contribution is 7.11. The quantitative estimate of drug-likeness (QED) is 0.645. The van der Waals surface area contributed by atoms with Crippen LogP contribution < -0.4 is 0 Å². The van der Waals surface area contributed by atoms with Crippen molar-refractivity contribution >= 4 is 22.9 Å². The fourth-order valence-electron chi connectivity index (χ4n) is 2.40. The molecule has 1 heterocycles. The maximum atomic E-state index is 11.3. The van der Waals surface area contributed by atoms with Gasteiger partial charge in [-0.25, -0.2) is 4.79 Å². The molecule has 1 aliphatic rings. The molecule has 0 aromatic carbocycles. The Kier molecular flexibility index (Phi) is 4.37. The first-order valence-electron chi connectivity index (χ1n) is 6.26. The van der Waals surface area contributed by atoms with Crippen LogP contribution in [0.4, 0.5) is 0 Å². The number of hydrogen-bond acceptors (Lipinski definition) is 2. The van der Waals surface area contributed by atoms with Crippen LogP contribution in [0.15, 0.2) is 23.6 Å². The number of carboxylic acid groups (broad SMARTS) is 1. The van der Waals surface area contributed by atoms with E-state index in [9.17, 15) is 9.90 Å². The van der Waals surface area contributed by atoms with Crippen molar-refractivity contribution in [1.29, 1.82) is 0 Å². The molecular weight excluding hydrogens is 232 g/mol. The molecule has 0 bridgehead atoms. The molecule has 0 spiro atoms. The highest BCUT2D eigenvalue weighted by atomic mass is 32.1. The lowest BCUT2D eigenvalue weighted by Gasteiger charge is -2.10. The summed E-state index contributed by atoms with van der Waals surface area (Å²) in [5.74, 6) is -0.345. The van der Waals surface area contributed by atoms with Gasteiger partial charge in [0.05, 0.1) is 5.57 Å². The Morgan fingerprint density at radius 1 is 1.29 bits per heavy atom. The summed E-state index contributed by atoms with van der Waals surface area (Å²) in [5.41, 5.74) is 0.493. The molecule has 1 aliphatic carbocycles. The molecule has 92 valence electrons. The van der Waals surface area contributed by atoms with Gasteiger partial charge in [0.25, 0.3) is 0 Å². The van der Waals surface area contributed by atoms with E-state index in [1.165, 1.54) is 37.0 Å². The Morgan fingerprint density at radius 3 is 2.53 bits per heavy atom. The molecule has 1 fully saturated rings. The zero-order chi connectivity index (χ0) is 12.1. The summed E-state index contributed by atoms with van der Waals surface area (Å²) >= 11 is 1.50. The van der Waals surface area contributed by atoms with E-state index in [0.717, 1.165) is 17.7 Å². The van der Waals surface area contributed by atoms with Crippen LogP contribution in [-0.2, 0) is 4.79 Å². The van der Waals surface area contributed by atoms with E-state index in [4.69, 9.17) is 0 Å². The number of aliphatic carboxylic acids is 1. The number of rotatable bonds is 3. The van der Waals surface area contributed by atoms with E-state index < -0.39 is 5.97 Å². The molecule has 0 unspecified atom stereocenters. The Hall–Kier alpha value is -1.09. The van der Waals surface area contributed by atoms with Gasteiger partial charge < -0.3 is 5.11 Å². The highest BCUT2D eigenvalue weighted by Gasteiger charge is 2.16. The van der Waals surface area contributed by atoms with E-state index in [-0.39, 0.29) is 0 Å². The third kappa shape index (κ3) is 3.43. The SMILES string of the molecule is O=C(O)C(=CC1CCCCCC1)c1cccs1. The summed E-state index contributed by atoms with van der Waals surface area (Å²) in [6.07, 6.45) is 9.33. The molecule has 0 amide bonds. The minimum Gasteiger partial charge on any atom is -0.478 e. The average molecular weight is 250 g/mol. The largest absolute Gasteiger partial charge is 0.478 e. The normalized spacial score (nSPS) is 18.9. The Morgan fingerprint density at radius 2 is 2.00 bits per heavy atom. The molecule has 0 atom stereocenters. The number of thiophene rings is 1. The minimum absolute atomic E-state index is 0.450. The van der Waals surface area contributed by atoms with Gasteiger partial charge in [0.2, 0.25) is 0 Å². The van der Waals surface area contributed by atoms with E-state index in [1.54, 1.807) is 0 Å². The van der Waals surface area contributed by atoms with Crippen molar-refractivity contribution in [2.75, 3.05) is 0 Å². The topological polar surface area (TPSA) is 37.3 Å². The molecule has 0 saturated heterocycles. The smallest absolute Gasteiger partial charge is 0.336 e. The molecule has 2 rings (SSSR count). The molecule has 1 N–H and O–H groups in total. The summed E-state index contributed by atoms with van der Waals surface area (Å²) < 4.78 is 0. The Bertz CT molecular complexity index is 384. The summed E-state index contributed by atoms with van der Waals surface area (Å²) in [4.78, 5) is 12.2. The van der Waals surface area contributed by atoms with E-state index >= 15 is 0 Å². The maximum absolute atomic E-state index is 11.3. The van der Waals surface area contributed by atoms with Crippen molar-refractivity contribution in [3.8, 4) is 0 Å². The van der Waals surface area contributed by atoms with Crippen LogP contribution in [0.3, 0.4) is 0 Å². The first-order valence-corrected chi connectivity index (χ1v) is 7.14. The zero-order valence-corrected chi connectivity index (χ0v) is 10.7. The van der Waals surface area contributed by atoms with Crippen LogP contribution in [0, 0.1) is 5.92 Å². The second kappa shape index (κ2) is 6.01. The number of carbonyl (C=O) groups is 1. The van der Waals surface area contributed by atoms with Gasteiger partial charge in [-0.2, -0.15) is 0 Å². The second-order valence-corrected chi connectivity index (χ2v) is 5.56. The van der Waals surface area contributed by atoms with Crippen LogP contribution in [0.5, 0.6) is 0 Å². The van der Waals surface area contributed by atoms with E-state index in [0.29, 0.717) is 11.5 Å². The number of allylic oxidation sites excluding steroid dienone is 1. The number of carboxylic acids is 1. The predicted molar refractivity (Wildman–Crippen MR) is 71.1 cm³/mol. The maximum Gasteiger partial charge on any atom is 0.336 e. The fraction of sp³-hybridized carbons (Fsp3) is 0.500. The van der Waals surface area contributed by atoms with Crippen molar-refractivity contribution in [1.82, 2.24) is 0 Å². The molecule has 1 aromatic rings. The fourth-order valence-corrected chi connectivity index (χ4v) is 3.15. The van der Waals surface area contributed by atoms with Crippen molar-refractivity contribution in [2.45, 2.75) is 38.5 Å². The summed E-state index contributed by atoms with van der Waals surface area (Å²) in [5, 5.41) is 11.2. The van der Waals surface area contributed by atoms with Crippen LogP contribution in [0.2, 0.25) is 0 Å². The van der Waals surface area contributed by atoms with Gasteiger partial charge in [-0.15, -0.1) is 11.3 Å². The van der Waals surface area contributed by atoms with Crippen molar-refractivity contribution in [3.05, 3.63) is 28.5 Å². The van der Waals surface area contributed by atoms with E-state index in [1.807, 2.05) is 23.6 Å². The lowest BCUT2D eigenvalue weighted by atomic mass is 9.97. The van der Waals surface area contributed by atoms with Crippen molar-refractivity contribution in [3.63, 3.8) is 0 Å². The Balaban J connectivity index is 2.17. The standard InChI is InChI=1S/C14H18O2S/c15-14(16)12(13-8-5-9-17-13)10-11-6-3-1-2-4-7-11/h5,8-11H,1-4,6-7H2,(H,15,16). The Labute approximate surface area is 106 Å². The lowest BCUT2D eigenvalue weighted by Crippen LogP contribution is -2.02.